The molecule has 0 unspecified atom stereocenters. The first-order chi connectivity index (χ1) is 71.7. The molecule has 0 fully saturated rings. The minimum absolute atomic E-state index is 0. The molecule has 0 bridgehead atoms. The smallest absolute Gasteiger partial charge is 0.0998 e. The van der Waals surface area contributed by atoms with Crippen molar-refractivity contribution in [2.75, 3.05) is 0 Å². The van der Waals surface area contributed by atoms with Gasteiger partial charge < -0.3 is 39.9 Å². The third-order valence-electron chi connectivity index (χ3n) is 22.8. The average Bonchev–Trinajstić information content (AvgIpc) is 0.706. The van der Waals surface area contributed by atoms with Crippen molar-refractivity contribution in [2.45, 2.75) is 41.5 Å². The zero-order valence-electron chi connectivity index (χ0n) is 82.7. The molecule has 14 aromatic carbocycles. The van der Waals surface area contributed by atoms with Gasteiger partial charge in [0.15, 0.2) is 0 Å². The predicted octanol–water partition coefficient (Wildman–Crippen LogP) is 31.7. The molecule has 0 aliphatic carbocycles. The molecular formula is C134H96Ir4N12-8. The van der Waals surface area contributed by atoms with Crippen molar-refractivity contribution in [3.63, 3.8) is 0 Å². The fraction of sp³-hybridized carbons (Fsp3) is 0.0448. The minimum atomic E-state index is 0. The molecule has 8 aromatic heterocycles. The molecule has 0 saturated heterocycles. The Morgan fingerprint density at radius 1 is 0.187 bits per heavy atom. The van der Waals surface area contributed by atoms with Crippen LogP contribution in [0.2, 0.25) is 0 Å². The summed E-state index contributed by atoms with van der Waals surface area (Å²) in [6.45, 7) is 11.9. The van der Waals surface area contributed by atoms with Gasteiger partial charge in [-0.15, -0.1) is 285 Å². The van der Waals surface area contributed by atoms with Gasteiger partial charge in [0, 0.05) is 128 Å². The van der Waals surface area contributed by atoms with Crippen LogP contribution < -0.4 is 0 Å². The molecule has 0 aliphatic rings. The van der Waals surface area contributed by atoms with E-state index in [1.807, 2.05) is 430 Å². The molecule has 0 N–H and O–H groups in total. The monoisotopic (exact) mass is 2640 g/mol. The van der Waals surface area contributed by atoms with Gasteiger partial charge in [0.2, 0.25) is 0 Å². The van der Waals surface area contributed by atoms with E-state index in [2.05, 4.69) is 173 Å². The van der Waals surface area contributed by atoms with Crippen LogP contribution >= 0.6 is 0 Å². The molecule has 0 aliphatic heterocycles. The van der Waals surface area contributed by atoms with Gasteiger partial charge >= 0.3 is 0 Å². The van der Waals surface area contributed by atoms with E-state index in [-0.39, 0.29) is 80.4 Å². The third kappa shape index (κ3) is 33.2. The number of pyridine rings is 8. The molecule has 22 aromatic rings. The van der Waals surface area contributed by atoms with Crippen molar-refractivity contribution in [1.82, 2.24) is 39.9 Å². The Morgan fingerprint density at radius 3 is 0.773 bits per heavy atom. The number of nitrogens with zero attached hydrogens (tertiary/aromatic N) is 12. The molecule has 4 radical (unpaired) electrons. The van der Waals surface area contributed by atoms with Crippen LogP contribution in [0.4, 0.5) is 0 Å². The van der Waals surface area contributed by atoms with Gasteiger partial charge in [0.25, 0.3) is 0 Å². The number of hydrogen-bond acceptors (Lipinski definition) is 12. The first-order valence-electron chi connectivity index (χ1n) is 47.3. The van der Waals surface area contributed by atoms with Crippen molar-refractivity contribution in [3.05, 3.63) is 578 Å². The maximum atomic E-state index is 9.62. The number of hydrogen-bond donors (Lipinski definition) is 0. The summed E-state index contributed by atoms with van der Waals surface area (Å²) in [6, 6.07) is 181. The predicted molar refractivity (Wildman–Crippen MR) is 588 cm³/mol. The van der Waals surface area contributed by atoms with E-state index in [0.29, 0.717) is 16.7 Å². The molecular weight excluding hydrogens is 2550 g/mol. The maximum Gasteiger partial charge on any atom is 0.0998 e. The SMILES string of the molecule is Cc1cc(-c2cc[c-]c(-c3ccccn3)c2)cc(C)c1C#N.Cc1cccc(-c2[c-]cccc2)n1.Cc1cccc(-c2[c-]cccc2)n1.Cc1cccc(-c2[c-]cccc2)n1.Cc1cccc(-c2[c-]cccc2)n1.N#Cc1cc(-c2cc[c-]c(-c3ccccn3)c2)ccc1-c1ccccc1.N#Cc1cc(-c2ccccc2)cc(-c2cc[c-]c(-c3ccccn3)c2)c1.N#Cc1ccc(-c2cc[c-]c(-c3ccccn3)c2)cc1.[Ir].[Ir].[Ir].[Ir]. The van der Waals surface area contributed by atoms with Crippen LogP contribution in [0, 0.1) is 135 Å². The van der Waals surface area contributed by atoms with E-state index >= 15 is 0 Å². The summed E-state index contributed by atoms with van der Waals surface area (Å²) in [7, 11) is 0. The van der Waals surface area contributed by atoms with Crippen molar-refractivity contribution >= 4 is 0 Å². The summed E-state index contributed by atoms with van der Waals surface area (Å²) >= 11 is 0. The Balaban J connectivity index is 0.000000164. The fourth-order valence-electron chi connectivity index (χ4n) is 15.6. The van der Waals surface area contributed by atoms with Crippen LogP contribution in [0.3, 0.4) is 0 Å². The first-order valence-corrected chi connectivity index (χ1v) is 47.3. The van der Waals surface area contributed by atoms with Gasteiger partial charge in [0.05, 0.1) is 46.5 Å². The summed E-state index contributed by atoms with van der Waals surface area (Å²) in [4.78, 5) is 35.1. The summed E-state index contributed by atoms with van der Waals surface area (Å²) < 4.78 is 0. The van der Waals surface area contributed by atoms with Crippen LogP contribution in [0.25, 0.3) is 157 Å². The normalized spacial score (nSPS) is 9.83. The van der Waals surface area contributed by atoms with Crippen LogP contribution in [-0.4, -0.2) is 39.9 Å². The molecule has 0 atom stereocenters. The zero-order valence-corrected chi connectivity index (χ0v) is 92.3. The Labute approximate surface area is 934 Å². The van der Waals surface area contributed by atoms with Crippen LogP contribution in [0.15, 0.2) is 474 Å². The second-order valence-electron chi connectivity index (χ2n) is 33.4. The van der Waals surface area contributed by atoms with E-state index in [1.54, 1.807) is 24.8 Å². The first kappa shape index (κ1) is 113. The van der Waals surface area contributed by atoms with Gasteiger partial charge in [-0.1, -0.05) is 194 Å². The molecule has 8 heterocycles. The summed E-state index contributed by atoms with van der Waals surface area (Å²) in [5.41, 5.74) is 37.0. The quantitative estimate of drug-likeness (QED) is 0.0935. The zero-order chi connectivity index (χ0) is 101. The summed E-state index contributed by atoms with van der Waals surface area (Å²) in [5, 5.41) is 37.1. The number of aryl methyl sites for hydroxylation is 6. The maximum absolute atomic E-state index is 9.62. The molecule has 12 nitrogen and oxygen atoms in total. The van der Waals surface area contributed by atoms with E-state index in [0.717, 1.165) is 196 Å². The topological polar surface area (TPSA) is 198 Å². The van der Waals surface area contributed by atoms with Gasteiger partial charge in [-0.25, -0.2) is 0 Å². The number of benzene rings is 14. The van der Waals surface area contributed by atoms with Gasteiger partial charge in [-0.05, 0) is 228 Å². The minimum Gasteiger partial charge on any atom is -0.305 e. The largest absolute Gasteiger partial charge is 0.305 e. The molecule has 0 saturated carbocycles. The summed E-state index contributed by atoms with van der Waals surface area (Å²) in [5.74, 6) is 0. The molecule has 22 rings (SSSR count). The summed E-state index contributed by atoms with van der Waals surface area (Å²) in [6.07, 6.45) is 7.11. The number of rotatable bonds is 14. The molecule has 16 heteroatoms. The molecule has 150 heavy (non-hydrogen) atoms. The number of aromatic nitrogens is 8. The Morgan fingerprint density at radius 2 is 0.467 bits per heavy atom. The third-order valence-corrected chi connectivity index (χ3v) is 22.8. The fourth-order valence-corrected chi connectivity index (χ4v) is 15.6. The van der Waals surface area contributed by atoms with Crippen LogP contribution in [0.1, 0.15) is 56.2 Å². The standard InChI is InChI=1S/2C24H15N2.C20H15N2.C18H11N2.4C12H10N.4Ir/c25-17-22-16-20(12-13-23(22)18-7-2-1-3-8-18)19-9-6-10-21(15-19)24-11-4-5-14-26-24;25-17-18-13-22(19-7-2-1-3-8-19)16-23(14-18)20-9-6-10-21(15-20)24-11-4-5-12-26-24;1-14-10-18(11-15(2)19(14)13-21)16-6-5-7-17(12-16)20-8-3-4-9-22-20;19-13-14-7-9-15(10-8-14)16-4-3-5-17(12-16)18-6-1-2-11-20-18;4*1-10-6-5-9-12(13-10)11-7-3-2-4-8-11;;;;/h2*1-9,11-16H;3-6,8-12H,1-2H3;1-4,6-12H;4*2-7,9H,1H3;;;;/q8*-1;;;;. The molecule has 0 spiro atoms. The average molecular weight is 2640 g/mol. The van der Waals surface area contributed by atoms with Gasteiger partial charge in [-0.3, -0.25) is 0 Å². The van der Waals surface area contributed by atoms with E-state index in [1.165, 1.54) is 0 Å². The van der Waals surface area contributed by atoms with Crippen molar-refractivity contribution < 1.29 is 80.4 Å². The second-order valence-corrected chi connectivity index (χ2v) is 33.4. The Kier molecular flexibility index (Phi) is 44.9. The van der Waals surface area contributed by atoms with Crippen LogP contribution in [-0.2, 0) is 80.4 Å². The van der Waals surface area contributed by atoms with Crippen molar-refractivity contribution in [1.29, 1.82) is 21.0 Å². The molecule has 736 valence electrons. The van der Waals surface area contributed by atoms with Gasteiger partial charge in [0.1, 0.15) is 0 Å². The van der Waals surface area contributed by atoms with Crippen molar-refractivity contribution in [2.24, 2.45) is 0 Å². The number of nitriles is 4. The van der Waals surface area contributed by atoms with Gasteiger partial charge in [-0.2, -0.15) is 21.0 Å². The van der Waals surface area contributed by atoms with Crippen LogP contribution in [0.5, 0.6) is 0 Å². The molecule has 0 amide bonds. The van der Waals surface area contributed by atoms with E-state index < -0.39 is 0 Å². The second kappa shape index (κ2) is 59.5. The van der Waals surface area contributed by atoms with Crippen molar-refractivity contribution in [3.8, 4) is 181 Å². The van der Waals surface area contributed by atoms with E-state index in [9.17, 15) is 15.8 Å². The Hall–Kier alpha value is -17.2. The Bertz CT molecular complexity index is 7840. The van der Waals surface area contributed by atoms with E-state index in [4.69, 9.17) is 5.26 Å².